The van der Waals surface area contributed by atoms with Gasteiger partial charge in [0.25, 0.3) is 0 Å². The number of Topliss-reactive ketones (excluding diaryl/α,β-unsaturated/α-hetero) is 1. The molecule has 3 unspecified atom stereocenters. The summed E-state index contributed by atoms with van der Waals surface area (Å²) < 4.78 is 16.6. The average molecular weight is 415 g/mol. The lowest BCUT2D eigenvalue weighted by Crippen LogP contribution is -2.38. The fourth-order valence-electron chi connectivity index (χ4n) is 3.22. The third kappa shape index (κ3) is 6.27. The molecule has 7 heteroatoms. The maximum absolute atomic E-state index is 13.0. The molecule has 162 valence electrons. The van der Waals surface area contributed by atoms with Crippen LogP contribution in [0.15, 0.2) is 48.5 Å². The van der Waals surface area contributed by atoms with Gasteiger partial charge in [-0.1, -0.05) is 36.4 Å². The Morgan fingerprint density at radius 1 is 1.17 bits per heavy atom. The van der Waals surface area contributed by atoms with Crippen LogP contribution in [-0.2, 0) is 11.2 Å². The van der Waals surface area contributed by atoms with Gasteiger partial charge in [0.1, 0.15) is 6.10 Å². The Hall–Kier alpha value is -2.45. The van der Waals surface area contributed by atoms with Gasteiger partial charge in [0.15, 0.2) is 17.3 Å². The van der Waals surface area contributed by atoms with Gasteiger partial charge in [-0.3, -0.25) is 4.79 Å². The summed E-state index contributed by atoms with van der Waals surface area (Å²) in [6.45, 7) is 2.55. The van der Waals surface area contributed by atoms with Crippen LogP contribution >= 0.6 is 0 Å². The van der Waals surface area contributed by atoms with Crippen LogP contribution in [-0.4, -0.2) is 60.8 Å². The van der Waals surface area contributed by atoms with Crippen molar-refractivity contribution >= 4 is 5.78 Å². The quantitative estimate of drug-likeness (QED) is 0.456. The molecule has 0 amide bonds. The summed E-state index contributed by atoms with van der Waals surface area (Å²) in [5.41, 5.74) is 1.45. The first-order chi connectivity index (χ1) is 14.6. The van der Waals surface area contributed by atoms with Gasteiger partial charge in [-0.2, -0.15) is 0 Å². The number of aliphatic hydroxyl groups is 2. The number of rotatable bonds is 12. The third-order valence-corrected chi connectivity index (χ3v) is 4.96. The summed E-state index contributed by atoms with van der Waals surface area (Å²) in [5.74, 6) is 1.20. The average Bonchev–Trinajstić information content (AvgIpc) is 3.23. The molecular weight excluding hydrogens is 386 g/mol. The lowest BCUT2D eigenvalue weighted by atomic mass is 9.99. The largest absolute Gasteiger partial charge is 0.454 e. The predicted molar refractivity (Wildman–Crippen MR) is 112 cm³/mol. The van der Waals surface area contributed by atoms with Crippen molar-refractivity contribution in [2.24, 2.45) is 0 Å². The number of aliphatic hydroxyl groups excluding tert-OH is 2. The van der Waals surface area contributed by atoms with E-state index < -0.39 is 12.2 Å². The minimum atomic E-state index is -0.769. The first-order valence-corrected chi connectivity index (χ1v) is 10.2. The number of ether oxygens (including phenoxy) is 3. The second kappa shape index (κ2) is 11.1. The summed E-state index contributed by atoms with van der Waals surface area (Å²) in [6, 6.07) is 14.6. The summed E-state index contributed by atoms with van der Waals surface area (Å²) in [6.07, 6.45) is -0.552. The molecule has 0 aliphatic carbocycles. The highest BCUT2D eigenvalue weighted by molar-refractivity contribution is 5.99. The van der Waals surface area contributed by atoms with Crippen molar-refractivity contribution in [3.8, 4) is 11.5 Å². The van der Waals surface area contributed by atoms with Gasteiger partial charge in [0, 0.05) is 31.2 Å². The zero-order chi connectivity index (χ0) is 21.3. The Bertz CT molecular complexity index is 813. The first kappa shape index (κ1) is 22.2. The van der Waals surface area contributed by atoms with Gasteiger partial charge in [-0.25, -0.2) is 0 Å². The smallest absolute Gasteiger partial charge is 0.231 e. The van der Waals surface area contributed by atoms with Gasteiger partial charge in [0.05, 0.1) is 12.7 Å². The lowest BCUT2D eigenvalue weighted by Gasteiger charge is -2.21. The topological polar surface area (TPSA) is 97.2 Å². The van der Waals surface area contributed by atoms with E-state index in [1.165, 1.54) is 0 Å². The van der Waals surface area contributed by atoms with Crippen LogP contribution in [0.1, 0.15) is 29.3 Å². The molecule has 0 fully saturated rings. The molecule has 0 spiro atoms. The van der Waals surface area contributed by atoms with E-state index in [2.05, 4.69) is 5.32 Å². The number of hydrogen-bond acceptors (Lipinski definition) is 7. The molecule has 0 aromatic heterocycles. The number of fused-ring (bicyclic) bond motifs is 1. The standard InChI is InChI=1S/C23H29NO6/c1-16(9-10-25)24-13-19(26)14-28-22(23(27)18-5-3-2-4-6-18)12-17-7-8-20-21(11-17)30-15-29-20/h2-8,11,16,19,22,24-26H,9-10,12-15H2,1H3. The molecule has 3 rings (SSSR count). The molecule has 7 nitrogen and oxygen atoms in total. The van der Waals surface area contributed by atoms with Gasteiger partial charge in [0.2, 0.25) is 6.79 Å². The highest BCUT2D eigenvalue weighted by atomic mass is 16.7. The minimum absolute atomic E-state index is 0.0205. The number of benzene rings is 2. The van der Waals surface area contributed by atoms with E-state index >= 15 is 0 Å². The number of ketones is 1. The summed E-state index contributed by atoms with van der Waals surface area (Å²) in [7, 11) is 0. The maximum Gasteiger partial charge on any atom is 0.231 e. The Morgan fingerprint density at radius 2 is 1.93 bits per heavy atom. The number of nitrogens with one attached hydrogen (secondary N) is 1. The van der Waals surface area contributed by atoms with Crippen LogP contribution in [0, 0.1) is 0 Å². The molecular formula is C23H29NO6. The minimum Gasteiger partial charge on any atom is -0.454 e. The van der Waals surface area contributed by atoms with Crippen molar-refractivity contribution in [3.05, 3.63) is 59.7 Å². The monoisotopic (exact) mass is 415 g/mol. The molecule has 1 aliphatic heterocycles. The molecule has 0 bridgehead atoms. The van der Waals surface area contributed by atoms with Crippen molar-refractivity contribution in [1.29, 1.82) is 0 Å². The molecule has 2 aromatic carbocycles. The molecule has 0 saturated heterocycles. The Labute approximate surface area is 176 Å². The van der Waals surface area contributed by atoms with E-state index in [1.54, 1.807) is 12.1 Å². The maximum atomic E-state index is 13.0. The predicted octanol–water partition coefficient (Wildman–Crippen LogP) is 1.95. The van der Waals surface area contributed by atoms with Crippen LogP contribution in [0.2, 0.25) is 0 Å². The van der Waals surface area contributed by atoms with Crippen LogP contribution in [0.4, 0.5) is 0 Å². The normalized spacial score (nSPS) is 15.6. The molecule has 1 aliphatic rings. The van der Waals surface area contributed by atoms with E-state index in [0.29, 0.717) is 36.4 Å². The second-order valence-electron chi connectivity index (χ2n) is 7.42. The second-order valence-corrected chi connectivity index (χ2v) is 7.42. The van der Waals surface area contributed by atoms with Crippen molar-refractivity contribution < 1.29 is 29.2 Å². The summed E-state index contributed by atoms with van der Waals surface area (Å²) in [5, 5.41) is 22.4. The SMILES string of the molecule is CC(CCO)NCC(O)COC(Cc1ccc2c(c1)OCO2)C(=O)c1ccccc1. The zero-order valence-corrected chi connectivity index (χ0v) is 17.1. The van der Waals surface area contributed by atoms with Crippen molar-refractivity contribution in [1.82, 2.24) is 5.32 Å². The molecule has 2 aromatic rings. The Balaban J connectivity index is 1.64. The van der Waals surface area contributed by atoms with Gasteiger partial charge >= 0.3 is 0 Å². The molecule has 0 saturated carbocycles. The molecule has 30 heavy (non-hydrogen) atoms. The fourth-order valence-corrected chi connectivity index (χ4v) is 3.22. The molecule has 3 N–H and O–H groups in total. The van der Waals surface area contributed by atoms with E-state index in [1.807, 2.05) is 43.3 Å². The number of carbonyl (C=O) groups is 1. The highest BCUT2D eigenvalue weighted by Gasteiger charge is 2.24. The Kier molecular flexibility index (Phi) is 8.21. The van der Waals surface area contributed by atoms with Crippen molar-refractivity contribution in [3.63, 3.8) is 0 Å². The molecule has 3 atom stereocenters. The van der Waals surface area contributed by atoms with E-state index in [-0.39, 0.29) is 31.8 Å². The van der Waals surface area contributed by atoms with Crippen LogP contribution < -0.4 is 14.8 Å². The van der Waals surface area contributed by atoms with Crippen LogP contribution in [0.3, 0.4) is 0 Å². The summed E-state index contributed by atoms with van der Waals surface area (Å²) >= 11 is 0. The molecule has 0 radical (unpaired) electrons. The van der Waals surface area contributed by atoms with Gasteiger partial charge in [-0.15, -0.1) is 0 Å². The molecule has 1 heterocycles. The van der Waals surface area contributed by atoms with Crippen molar-refractivity contribution in [2.75, 3.05) is 26.6 Å². The van der Waals surface area contributed by atoms with Crippen LogP contribution in [0.5, 0.6) is 11.5 Å². The van der Waals surface area contributed by atoms with Crippen molar-refractivity contribution in [2.45, 2.75) is 38.0 Å². The number of carbonyl (C=O) groups excluding carboxylic acids is 1. The van der Waals surface area contributed by atoms with Gasteiger partial charge < -0.3 is 29.7 Å². The third-order valence-electron chi connectivity index (χ3n) is 4.96. The van der Waals surface area contributed by atoms with E-state index in [0.717, 1.165) is 5.56 Å². The van der Waals surface area contributed by atoms with Gasteiger partial charge in [-0.05, 0) is 31.0 Å². The fraction of sp³-hybridized carbons (Fsp3) is 0.435. The van der Waals surface area contributed by atoms with E-state index in [9.17, 15) is 9.90 Å². The summed E-state index contributed by atoms with van der Waals surface area (Å²) in [4.78, 5) is 13.0. The number of hydrogen-bond donors (Lipinski definition) is 3. The van der Waals surface area contributed by atoms with E-state index in [4.69, 9.17) is 19.3 Å². The highest BCUT2D eigenvalue weighted by Crippen LogP contribution is 2.33. The van der Waals surface area contributed by atoms with Crippen LogP contribution in [0.25, 0.3) is 0 Å². The Morgan fingerprint density at radius 3 is 2.70 bits per heavy atom. The zero-order valence-electron chi connectivity index (χ0n) is 17.1. The first-order valence-electron chi connectivity index (χ1n) is 10.2. The lowest BCUT2D eigenvalue weighted by molar-refractivity contribution is -0.00248.